The molecule has 6 aromatic carbocycles. The van der Waals surface area contributed by atoms with Crippen molar-refractivity contribution in [3.05, 3.63) is 144 Å². The van der Waals surface area contributed by atoms with Gasteiger partial charge < -0.3 is 0 Å². The lowest BCUT2D eigenvalue weighted by Gasteiger charge is -2.19. The predicted octanol–water partition coefficient (Wildman–Crippen LogP) is 10.4. The van der Waals surface area contributed by atoms with Crippen LogP contribution in [-0.4, -0.2) is 9.55 Å². The van der Waals surface area contributed by atoms with Crippen LogP contribution in [0.5, 0.6) is 0 Å². The van der Waals surface area contributed by atoms with Crippen LogP contribution in [-0.2, 0) is 12.8 Å². The molecule has 0 amide bonds. The molecule has 1 aromatic heterocycles. The van der Waals surface area contributed by atoms with E-state index in [0.29, 0.717) is 0 Å². The first-order chi connectivity index (χ1) is 20.8. The summed E-state index contributed by atoms with van der Waals surface area (Å²) in [5.41, 5.74) is 11.3. The highest BCUT2D eigenvalue weighted by atomic mass is 15.1. The fourth-order valence-corrected chi connectivity index (χ4v) is 6.90. The summed E-state index contributed by atoms with van der Waals surface area (Å²) in [5.74, 6) is 1.05. The SMILES string of the molecule is Cc1ccc2c(-c3ccccc3)c3ccccc3c(-c3ccc(-n4c(-c5ccccc5)nc5c4CCCC5)cc3)c2c1. The van der Waals surface area contributed by atoms with E-state index in [0.717, 1.165) is 18.7 Å². The van der Waals surface area contributed by atoms with E-state index in [2.05, 4.69) is 139 Å². The summed E-state index contributed by atoms with van der Waals surface area (Å²) in [5, 5.41) is 5.16. The maximum atomic E-state index is 5.17. The van der Waals surface area contributed by atoms with Gasteiger partial charge in [0, 0.05) is 16.9 Å². The van der Waals surface area contributed by atoms with E-state index in [1.54, 1.807) is 0 Å². The molecule has 202 valence electrons. The van der Waals surface area contributed by atoms with Crippen molar-refractivity contribution in [2.24, 2.45) is 0 Å². The average molecular weight is 541 g/mol. The van der Waals surface area contributed by atoms with Crippen LogP contribution in [0.25, 0.3) is 60.9 Å². The van der Waals surface area contributed by atoms with Crippen LogP contribution in [0.15, 0.2) is 127 Å². The molecule has 0 bridgehead atoms. The van der Waals surface area contributed by atoms with Gasteiger partial charge in [-0.3, -0.25) is 4.57 Å². The molecule has 2 nitrogen and oxygen atoms in total. The van der Waals surface area contributed by atoms with Crippen LogP contribution in [0.3, 0.4) is 0 Å². The van der Waals surface area contributed by atoms with E-state index in [1.165, 1.54) is 84.8 Å². The Morgan fingerprint density at radius 3 is 1.81 bits per heavy atom. The number of imidazole rings is 1. The standard InChI is InChI=1S/C40H32N2/c1-27-20-25-34-35(26-27)39(33-17-9-8-16-32(33)38(34)28-12-4-2-5-13-28)29-21-23-31(24-22-29)42-37-19-11-10-18-36(37)41-40(42)30-14-6-3-7-15-30/h2-9,12-17,20-26H,10-11,18-19H2,1H3. The maximum Gasteiger partial charge on any atom is 0.145 e. The van der Waals surface area contributed by atoms with E-state index in [9.17, 15) is 0 Å². The third-order valence-electron chi connectivity index (χ3n) is 8.82. The zero-order valence-corrected chi connectivity index (χ0v) is 23.8. The van der Waals surface area contributed by atoms with Crippen molar-refractivity contribution in [1.82, 2.24) is 9.55 Å². The van der Waals surface area contributed by atoms with Crippen molar-refractivity contribution in [2.75, 3.05) is 0 Å². The van der Waals surface area contributed by atoms with Gasteiger partial charge in [-0.1, -0.05) is 121 Å². The van der Waals surface area contributed by atoms with Gasteiger partial charge >= 0.3 is 0 Å². The molecule has 1 aliphatic carbocycles. The molecule has 0 spiro atoms. The van der Waals surface area contributed by atoms with Crippen LogP contribution < -0.4 is 0 Å². The molecule has 0 unspecified atom stereocenters. The van der Waals surface area contributed by atoms with Gasteiger partial charge in [-0.15, -0.1) is 0 Å². The lowest BCUT2D eigenvalue weighted by Crippen LogP contribution is -2.07. The molecule has 2 heteroatoms. The molecular formula is C40H32N2. The van der Waals surface area contributed by atoms with E-state index >= 15 is 0 Å². The largest absolute Gasteiger partial charge is 0.296 e. The molecule has 0 aliphatic heterocycles. The quantitative estimate of drug-likeness (QED) is 0.203. The molecule has 8 rings (SSSR count). The number of hydrogen-bond acceptors (Lipinski definition) is 1. The van der Waals surface area contributed by atoms with Gasteiger partial charge in [-0.25, -0.2) is 4.98 Å². The van der Waals surface area contributed by atoms with Crippen molar-refractivity contribution in [1.29, 1.82) is 0 Å². The highest BCUT2D eigenvalue weighted by molar-refractivity contribution is 6.21. The Bertz CT molecular complexity index is 2070. The van der Waals surface area contributed by atoms with Crippen LogP contribution in [0.4, 0.5) is 0 Å². The van der Waals surface area contributed by atoms with Gasteiger partial charge in [0.05, 0.1) is 5.69 Å². The normalized spacial score (nSPS) is 13.0. The first-order valence-electron chi connectivity index (χ1n) is 15.0. The van der Waals surface area contributed by atoms with Crippen molar-refractivity contribution in [3.63, 3.8) is 0 Å². The summed E-state index contributed by atoms with van der Waals surface area (Å²) in [7, 11) is 0. The number of hydrogen-bond donors (Lipinski definition) is 0. The lowest BCUT2D eigenvalue weighted by molar-refractivity contribution is 0.656. The van der Waals surface area contributed by atoms with Crippen LogP contribution in [0.2, 0.25) is 0 Å². The Hall–Kier alpha value is -4.95. The second-order valence-electron chi connectivity index (χ2n) is 11.5. The lowest BCUT2D eigenvalue weighted by atomic mass is 9.85. The third kappa shape index (κ3) is 4.06. The Morgan fingerprint density at radius 2 is 1.10 bits per heavy atom. The second kappa shape index (κ2) is 10.2. The summed E-state index contributed by atoms with van der Waals surface area (Å²) in [6.45, 7) is 2.19. The monoisotopic (exact) mass is 540 g/mol. The molecule has 0 atom stereocenters. The van der Waals surface area contributed by atoms with Gasteiger partial charge in [0.25, 0.3) is 0 Å². The molecule has 0 saturated heterocycles. The molecule has 7 aromatic rings. The molecule has 0 radical (unpaired) electrons. The number of rotatable bonds is 4. The van der Waals surface area contributed by atoms with E-state index in [4.69, 9.17) is 4.98 Å². The minimum atomic E-state index is 1.05. The highest BCUT2D eigenvalue weighted by Gasteiger charge is 2.22. The summed E-state index contributed by atoms with van der Waals surface area (Å²) in [6.07, 6.45) is 4.57. The summed E-state index contributed by atoms with van der Waals surface area (Å²) < 4.78 is 2.41. The van der Waals surface area contributed by atoms with Gasteiger partial charge in [0.15, 0.2) is 0 Å². The Kier molecular flexibility index (Phi) is 6.00. The molecule has 0 N–H and O–H groups in total. The number of fused-ring (bicyclic) bond motifs is 3. The summed E-state index contributed by atoms with van der Waals surface area (Å²) in [4.78, 5) is 5.17. The number of nitrogens with zero attached hydrogens (tertiary/aromatic N) is 2. The molecule has 0 saturated carbocycles. The van der Waals surface area contributed by atoms with Gasteiger partial charge in [-0.05, 0) is 88.5 Å². The van der Waals surface area contributed by atoms with Crippen molar-refractivity contribution in [3.8, 4) is 39.3 Å². The topological polar surface area (TPSA) is 17.8 Å². The molecule has 42 heavy (non-hydrogen) atoms. The van der Waals surface area contributed by atoms with Crippen LogP contribution >= 0.6 is 0 Å². The Labute approximate surface area is 246 Å². The second-order valence-corrected chi connectivity index (χ2v) is 11.5. The number of aromatic nitrogens is 2. The first-order valence-corrected chi connectivity index (χ1v) is 15.0. The maximum absolute atomic E-state index is 5.17. The van der Waals surface area contributed by atoms with E-state index < -0.39 is 0 Å². The fourth-order valence-electron chi connectivity index (χ4n) is 6.90. The Morgan fingerprint density at radius 1 is 0.524 bits per heavy atom. The predicted molar refractivity (Wildman–Crippen MR) is 176 cm³/mol. The highest BCUT2D eigenvalue weighted by Crippen LogP contribution is 2.44. The minimum Gasteiger partial charge on any atom is -0.296 e. The van der Waals surface area contributed by atoms with E-state index in [1.807, 2.05) is 0 Å². The zero-order chi connectivity index (χ0) is 28.0. The summed E-state index contributed by atoms with van der Waals surface area (Å²) >= 11 is 0. The Balaban J connectivity index is 1.35. The molecule has 1 aliphatic rings. The number of aryl methyl sites for hydroxylation is 2. The molecule has 0 fully saturated rings. The molecular weight excluding hydrogens is 508 g/mol. The molecule has 1 heterocycles. The minimum absolute atomic E-state index is 1.05. The van der Waals surface area contributed by atoms with Gasteiger partial charge in [0.1, 0.15) is 5.82 Å². The van der Waals surface area contributed by atoms with Crippen molar-refractivity contribution >= 4 is 21.5 Å². The van der Waals surface area contributed by atoms with Crippen LogP contribution in [0, 0.1) is 6.92 Å². The fraction of sp³-hybridized carbons (Fsp3) is 0.125. The van der Waals surface area contributed by atoms with Gasteiger partial charge in [-0.2, -0.15) is 0 Å². The van der Waals surface area contributed by atoms with Gasteiger partial charge in [0.2, 0.25) is 0 Å². The van der Waals surface area contributed by atoms with Crippen molar-refractivity contribution in [2.45, 2.75) is 32.6 Å². The zero-order valence-electron chi connectivity index (χ0n) is 23.8. The third-order valence-corrected chi connectivity index (χ3v) is 8.82. The number of benzene rings is 6. The first kappa shape index (κ1) is 24.8. The summed E-state index contributed by atoms with van der Waals surface area (Å²) in [6, 6.07) is 46.4. The van der Waals surface area contributed by atoms with E-state index in [-0.39, 0.29) is 0 Å². The average Bonchev–Trinajstić information content (AvgIpc) is 3.44. The van der Waals surface area contributed by atoms with Crippen LogP contribution in [0.1, 0.15) is 29.8 Å². The van der Waals surface area contributed by atoms with Crippen molar-refractivity contribution < 1.29 is 0 Å². The smallest absolute Gasteiger partial charge is 0.145 e.